The molecule has 1 aromatic carbocycles. The molecule has 2 heteroatoms. The van der Waals surface area contributed by atoms with Gasteiger partial charge >= 0.3 is 0 Å². The Bertz CT molecular complexity index is 517. The van der Waals surface area contributed by atoms with Gasteiger partial charge in [-0.15, -0.1) is 0 Å². The van der Waals surface area contributed by atoms with Crippen LogP contribution in [0.2, 0.25) is 0 Å². The van der Waals surface area contributed by atoms with E-state index in [1.807, 2.05) is 30.5 Å². The van der Waals surface area contributed by atoms with Gasteiger partial charge in [0.1, 0.15) is 6.61 Å². The molecular formula is C13H11NO. The summed E-state index contributed by atoms with van der Waals surface area (Å²) < 4.78 is 4.88. The summed E-state index contributed by atoms with van der Waals surface area (Å²) in [6.07, 6.45) is 3.63. The van der Waals surface area contributed by atoms with E-state index in [1.54, 1.807) is 13.3 Å². The maximum Gasteiger partial charge on any atom is 0.107 e. The number of nitrogens with zero attached hydrogens (tertiary/aromatic N) is 1. The summed E-state index contributed by atoms with van der Waals surface area (Å²) in [4.78, 5) is 4.15. The highest BCUT2D eigenvalue weighted by molar-refractivity contribution is 5.87. The van der Waals surface area contributed by atoms with Gasteiger partial charge in [-0.2, -0.15) is 0 Å². The van der Waals surface area contributed by atoms with Crippen LogP contribution >= 0.6 is 0 Å². The average molecular weight is 197 g/mol. The highest BCUT2D eigenvalue weighted by Gasteiger charge is 1.96. The molecule has 74 valence electrons. The van der Waals surface area contributed by atoms with Crippen molar-refractivity contribution < 1.29 is 4.74 Å². The minimum Gasteiger partial charge on any atom is -0.372 e. The van der Waals surface area contributed by atoms with Crippen LogP contribution in [0.4, 0.5) is 0 Å². The summed E-state index contributed by atoms with van der Waals surface area (Å²) in [7, 11) is 1.63. The van der Waals surface area contributed by atoms with Gasteiger partial charge in [0.25, 0.3) is 0 Å². The van der Waals surface area contributed by atoms with E-state index in [1.165, 1.54) is 0 Å². The Morgan fingerprint density at radius 2 is 2.13 bits per heavy atom. The first-order valence-electron chi connectivity index (χ1n) is 4.72. The fourth-order valence-corrected chi connectivity index (χ4v) is 1.42. The quantitative estimate of drug-likeness (QED) is 0.654. The molecule has 0 unspecified atom stereocenters. The number of ether oxygens (including phenoxy) is 1. The maximum absolute atomic E-state index is 4.88. The molecule has 0 radical (unpaired) electrons. The van der Waals surface area contributed by atoms with Crippen molar-refractivity contribution in [3.8, 4) is 11.8 Å². The van der Waals surface area contributed by atoms with Crippen LogP contribution < -0.4 is 0 Å². The number of aromatic nitrogens is 1. The van der Waals surface area contributed by atoms with Gasteiger partial charge in [-0.05, 0) is 0 Å². The molecule has 0 aliphatic rings. The van der Waals surface area contributed by atoms with E-state index >= 15 is 0 Å². The van der Waals surface area contributed by atoms with Crippen LogP contribution in [0.3, 0.4) is 0 Å². The second-order valence-corrected chi connectivity index (χ2v) is 3.14. The Labute approximate surface area is 88.9 Å². The molecular weight excluding hydrogens is 186 g/mol. The van der Waals surface area contributed by atoms with Gasteiger partial charge in [0.05, 0.1) is 5.56 Å². The molecule has 0 aliphatic heterocycles. The van der Waals surface area contributed by atoms with E-state index in [4.69, 9.17) is 4.74 Å². The number of hydrogen-bond donors (Lipinski definition) is 0. The van der Waals surface area contributed by atoms with E-state index < -0.39 is 0 Å². The van der Waals surface area contributed by atoms with E-state index in [0.717, 1.165) is 16.3 Å². The number of pyridine rings is 1. The van der Waals surface area contributed by atoms with Crippen LogP contribution in [-0.4, -0.2) is 18.7 Å². The zero-order valence-electron chi connectivity index (χ0n) is 8.53. The summed E-state index contributed by atoms with van der Waals surface area (Å²) in [6, 6.07) is 8.08. The predicted octanol–water partition coefficient (Wildman–Crippen LogP) is 2.23. The minimum atomic E-state index is 0.448. The topological polar surface area (TPSA) is 22.1 Å². The summed E-state index contributed by atoms with van der Waals surface area (Å²) in [5.41, 5.74) is 0.949. The summed E-state index contributed by atoms with van der Waals surface area (Å²) in [5, 5.41) is 2.25. The Kier molecular flexibility index (Phi) is 2.96. The number of fused-ring (bicyclic) bond motifs is 1. The molecule has 15 heavy (non-hydrogen) atoms. The molecule has 0 bridgehead atoms. The average Bonchev–Trinajstić information content (AvgIpc) is 2.30. The highest BCUT2D eigenvalue weighted by Crippen LogP contribution is 2.15. The summed E-state index contributed by atoms with van der Waals surface area (Å²) >= 11 is 0. The Balaban J connectivity index is 2.48. The molecule has 0 aliphatic carbocycles. The van der Waals surface area contributed by atoms with Crippen molar-refractivity contribution in [1.29, 1.82) is 0 Å². The Hall–Kier alpha value is -1.85. The summed E-state index contributed by atoms with van der Waals surface area (Å²) in [6.45, 7) is 0.448. The standard InChI is InChI=1S/C13H11NO/c1-15-8-4-6-12-10-14-9-11-5-2-3-7-13(11)12/h2-3,5,7,9-10H,8H2,1H3. The normalized spacial score (nSPS) is 9.67. The highest BCUT2D eigenvalue weighted by atomic mass is 16.5. The molecule has 1 heterocycles. The fraction of sp³-hybridized carbons (Fsp3) is 0.154. The van der Waals surface area contributed by atoms with Gasteiger partial charge in [-0.1, -0.05) is 36.1 Å². The van der Waals surface area contributed by atoms with Gasteiger partial charge in [-0.3, -0.25) is 4.98 Å². The third-order valence-corrected chi connectivity index (χ3v) is 2.11. The van der Waals surface area contributed by atoms with Gasteiger partial charge < -0.3 is 4.74 Å². The maximum atomic E-state index is 4.88. The molecule has 0 fully saturated rings. The predicted molar refractivity (Wildman–Crippen MR) is 60.5 cm³/mol. The lowest BCUT2D eigenvalue weighted by Gasteiger charge is -1.98. The first-order chi connectivity index (χ1) is 7.42. The van der Waals surface area contributed by atoms with E-state index in [2.05, 4.69) is 16.8 Å². The number of rotatable bonds is 1. The van der Waals surface area contributed by atoms with Gasteiger partial charge in [-0.25, -0.2) is 0 Å². The van der Waals surface area contributed by atoms with Crippen LogP contribution in [0.25, 0.3) is 10.8 Å². The number of benzene rings is 1. The van der Waals surface area contributed by atoms with Crippen molar-refractivity contribution in [3.05, 3.63) is 42.2 Å². The lowest BCUT2D eigenvalue weighted by Crippen LogP contribution is -1.84. The van der Waals surface area contributed by atoms with Gasteiger partial charge in [0, 0.05) is 30.3 Å². The van der Waals surface area contributed by atoms with Crippen LogP contribution in [0.15, 0.2) is 36.7 Å². The minimum absolute atomic E-state index is 0.448. The molecule has 0 N–H and O–H groups in total. The molecule has 0 saturated heterocycles. The first kappa shape index (κ1) is 9.70. The first-order valence-corrected chi connectivity index (χ1v) is 4.72. The number of hydrogen-bond acceptors (Lipinski definition) is 2. The Morgan fingerprint density at radius 1 is 1.27 bits per heavy atom. The molecule has 1 aromatic heterocycles. The van der Waals surface area contributed by atoms with Crippen LogP contribution in [0, 0.1) is 11.8 Å². The molecule has 0 atom stereocenters. The van der Waals surface area contributed by atoms with Crippen LogP contribution in [-0.2, 0) is 4.74 Å². The van der Waals surface area contributed by atoms with Crippen molar-refractivity contribution in [3.63, 3.8) is 0 Å². The van der Waals surface area contributed by atoms with Crippen molar-refractivity contribution in [2.24, 2.45) is 0 Å². The van der Waals surface area contributed by atoms with Gasteiger partial charge in [0.15, 0.2) is 0 Å². The van der Waals surface area contributed by atoms with E-state index in [0.29, 0.717) is 6.61 Å². The SMILES string of the molecule is COCC#Cc1cncc2ccccc12. The second-order valence-electron chi connectivity index (χ2n) is 3.14. The third kappa shape index (κ3) is 2.15. The largest absolute Gasteiger partial charge is 0.372 e. The smallest absolute Gasteiger partial charge is 0.107 e. The molecule has 2 aromatic rings. The van der Waals surface area contributed by atoms with E-state index in [9.17, 15) is 0 Å². The molecule has 2 nitrogen and oxygen atoms in total. The van der Waals surface area contributed by atoms with E-state index in [-0.39, 0.29) is 0 Å². The zero-order chi connectivity index (χ0) is 10.5. The fourth-order valence-electron chi connectivity index (χ4n) is 1.42. The number of methoxy groups -OCH3 is 1. The van der Waals surface area contributed by atoms with Crippen molar-refractivity contribution in [2.45, 2.75) is 0 Å². The molecule has 0 spiro atoms. The zero-order valence-corrected chi connectivity index (χ0v) is 8.53. The monoisotopic (exact) mass is 197 g/mol. The lowest BCUT2D eigenvalue weighted by atomic mass is 10.1. The molecule has 0 amide bonds. The van der Waals surface area contributed by atoms with Crippen molar-refractivity contribution in [2.75, 3.05) is 13.7 Å². The summed E-state index contributed by atoms with van der Waals surface area (Å²) in [5.74, 6) is 5.98. The van der Waals surface area contributed by atoms with Gasteiger partial charge in [0.2, 0.25) is 0 Å². The third-order valence-electron chi connectivity index (χ3n) is 2.11. The lowest BCUT2D eigenvalue weighted by molar-refractivity contribution is 0.240. The molecule has 0 saturated carbocycles. The van der Waals surface area contributed by atoms with Crippen LogP contribution in [0.5, 0.6) is 0 Å². The van der Waals surface area contributed by atoms with Crippen molar-refractivity contribution in [1.82, 2.24) is 4.98 Å². The second kappa shape index (κ2) is 4.59. The van der Waals surface area contributed by atoms with Crippen molar-refractivity contribution >= 4 is 10.8 Å². The van der Waals surface area contributed by atoms with Crippen LogP contribution in [0.1, 0.15) is 5.56 Å². The molecule has 2 rings (SSSR count). The Morgan fingerprint density at radius 3 is 3.00 bits per heavy atom.